The van der Waals surface area contributed by atoms with Gasteiger partial charge in [0.2, 0.25) is 0 Å². The number of esters is 1. The Morgan fingerprint density at radius 2 is 1.79 bits per heavy atom. The van der Waals surface area contributed by atoms with E-state index in [-0.39, 0.29) is 28.8 Å². The molecule has 0 atom stereocenters. The van der Waals surface area contributed by atoms with Gasteiger partial charge in [-0.2, -0.15) is 0 Å². The van der Waals surface area contributed by atoms with E-state index in [1.54, 1.807) is 13.8 Å². The van der Waals surface area contributed by atoms with Gasteiger partial charge in [-0.3, -0.25) is 14.9 Å². The van der Waals surface area contributed by atoms with Crippen LogP contribution in [0.2, 0.25) is 0 Å². The van der Waals surface area contributed by atoms with E-state index >= 15 is 0 Å². The Kier molecular flexibility index (Phi) is 6.98. The standard InChI is InChI=1S/C25H26N2O5S/c1-6-32-24(29)21-19(16-7-10-18(11-8-16)25(3,4)5)14-33-23(21)26-22(28)17-9-12-20(27(30)31)15(2)13-17/h7-14H,6H2,1-5H3,(H,26,28). The van der Waals surface area contributed by atoms with Crippen molar-refractivity contribution in [2.75, 3.05) is 11.9 Å². The fourth-order valence-electron chi connectivity index (χ4n) is 3.39. The number of nitro benzene ring substituents is 1. The van der Waals surface area contributed by atoms with Gasteiger partial charge in [-0.1, -0.05) is 45.0 Å². The molecule has 0 radical (unpaired) electrons. The molecule has 0 aliphatic heterocycles. The van der Waals surface area contributed by atoms with Crippen molar-refractivity contribution in [1.29, 1.82) is 0 Å². The van der Waals surface area contributed by atoms with Crippen LogP contribution in [0.25, 0.3) is 11.1 Å². The fourth-order valence-corrected chi connectivity index (χ4v) is 4.35. The lowest BCUT2D eigenvalue weighted by molar-refractivity contribution is -0.385. The number of anilines is 1. The molecule has 0 fully saturated rings. The smallest absolute Gasteiger partial charge is 0.341 e. The summed E-state index contributed by atoms with van der Waals surface area (Å²) in [5.74, 6) is -0.987. The van der Waals surface area contributed by atoms with Crippen LogP contribution in [0.15, 0.2) is 47.8 Å². The average Bonchev–Trinajstić information content (AvgIpc) is 3.16. The van der Waals surface area contributed by atoms with Crippen LogP contribution >= 0.6 is 11.3 Å². The number of hydrogen-bond donors (Lipinski definition) is 1. The number of thiophene rings is 1. The van der Waals surface area contributed by atoms with Gasteiger partial charge in [0.15, 0.2) is 0 Å². The molecule has 1 amide bonds. The zero-order chi connectivity index (χ0) is 24.3. The van der Waals surface area contributed by atoms with Crippen molar-refractivity contribution in [3.63, 3.8) is 0 Å². The molecule has 2 aromatic carbocycles. The lowest BCUT2D eigenvalue weighted by Crippen LogP contribution is -2.15. The van der Waals surface area contributed by atoms with E-state index in [2.05, 4.69) is 26.1 Å². The maximum absolute atomic E-state index is 12.9. The normalized spacial score (nSPS) is 11.2. The highest BCUT2D eigenvalue weighted by Crippen LogP contribution is 2.37. The van der Waals surface area contributed by atoms with Crippen LogP contribution in [-0.2, 0) is 10.2 Å². The first-order chi connectivity index (χ1) is 15.5. The molecule has 0 saturated heterocycles. The van der Waals surface area contributed by atoms with Crippen molar-refractivity contribution in [3.05, 3.63) is 80.2 Å². The lowest BCUT2D eigenvalue weighted by Gasteiger charge is -2.19. The summed E-state index contributed by atoms with van der Waals surface area (Å²) in [7, 11) is 0. The zero-order valence-corrected chi connectivity index (χ0v) is 20.0. The van der Waals surface area contributed by atoms with E-state index < -0.39 is 16.8 Å². The SMILES string of the molecule is CCOC(=O)c1c(-c2ccc(C(C)(C)C)cc2)csc1NC(=O)c1ccc([N+](=O)[O-])c(C)c1. The first-order valence-electron chi connectivity index (χ1n) is 10.5. The molecule has 172 valence electrons. The van der Waals surface area contributed by atoms with E-state index in [1.807, 2.05) is 29.6 Å². The second-order valence-electron chi connectivity index (χ2n) is 8.61. The van der Waals surface area contributed by atoms with Crippen LogP contribution < -0.4 is 5.32 Å². The molecule has 0 unspecified atom stereocenters. The third-order valence-corrected chi connectivity index (χ3v) is 6.11. The van der Waals surface area contributed by atoms with Gasteiger partial charge in [0.05, 0.1) is 11.5 Å². The van der Waals surface area contributed by atoms with Gasteiger partial charge >= 0.3 is 5.97 Å². The number of carbonyl (C=O) groups is 2. The predicted octanol–water partition coefficient (Wildman–Crippen LogP) is 6.36. The van der Waals surface area contributed by atoms with Crippen LogP contribution in [0.5, 0.6) is 0 Å². The maximum Gasteiger partial charge on any atom is 0.341 e. The van der Waals surface area contributed by atoms with Gasteiger partial charge in [-0.25, -0.2) is 4.79 Å². The molecular weight excluding hydrogens is 440 g/mol. The highest BCUT2D eigenvalue weighted by Gasteiger charge is 2.24. The molecule has 0 spiro atoms. The molecule has 1 heterocycles. The number of hydrogen-bond acceptors (Lipinski definition) is 6. The Hall–Kier alpha value is -3.52. The van der Waals surface area contributed by atoms with Crippen molar-refractivity contribution in [3.8, 4) is 11.1 Å². The van der Waals surface area contributed by atoms with Crippen molar-refractivity contribution in [2.45, 2.75) is 40.0 Å². The Morgan fingerprint density at radius 1 is 1.12 bits per heavy atom. The number of amides is 1. The van der Waals surface area contributed by atoms with E-state index in [1.165, 1.54) is 35.1 Å². The average molecular weight is 467 g/mol. The van der Waals surface area contributed by atoms with Gasteiger partial charge in [-0.05, 0) is 42.5 Å². The molecule has 3 rings (SSSR count). The van der Waals surface area contributed by atoms with Crippen LogP contribution in [0.3, 0.4) is 0 Å². The molecule has 3 aromatic rings. The Labute approximate surface area is 196 Å². The van der Waals surface area contributed by atoms with Crippen molar-refractivity contribution in [1.82, 2.24) is 0 Å². The van der Waals surface area contributed by atoms with Gasteiger partial charge < -0.3 is 10.1 Å². The minimum absolute atomic E-state index is 0.000823. The number of benzene rings is 2. The van der Waals surface area contributed by atoms with Crippen molar-refractivity contribution >= 4 is 33.9 Å². The minimum Gasteiger partial charge on any atom is -0.462 e. The summed E-state index contributed by atoms with van der Waals surface area (Å²) < 4.78 is 5.26. The number of carbonyl (C=O) groups excluding carboxylic acids is 2. The number of nitrogens with zero attached hydrogens (tertiary/aromatic N) is 1. The highest BCUT2D eigenvalue weighted by molar-refractivity contribution is 7.15. The summed E-state index contributed by atoms with van der Waals surface area (Å²) in [4.78, 5) is 36.2. The van der Waals surface area contributed by atoms with E-state index in [4.69, 9.17) is 4.74 Å². The molecule has 0 aliphatic carbocycles. The topological polar surface area (TPSA) is 98.5 Å². The summed E-state index contributed by atoms with van der Waals surface area (Å²) in [6.07, 6.45) is 0. The number of rotatable bonds is 6. The van der Waals surface area contributed by atoms with Crippen molar-refractivity contribution < 1.29 is 19.2 Å². The van der Waals surface area contributed by atoms with Crippen LogP contribution in [0, 0.1) is 17.0 Å². The molecule has 33 heavy (non-hydrogen) atoms. The molecule has 1 aromatic heterocycles. The molecule has 0 aliphatic rings. The Balaban J connectivity index is 1.97. The van der Waals surface area contributed by atoms with Gasteiger partial charge in [0.1, 0.15) is 10.6 Å². The van der Waals surface area contributed by atoms with E-state index in [0.717, 1.165) is 5.56 Å². The quantitative estimate of drug-likeness (QED) is 0.259. The summed E-state index contributed by atoms with van der Waals surface area (Å²) >= 11 is 1.23. The minimum atomic E-state index is -0.524. The third kappa shape index (κ3) is 5.28. The molecule has 1 N–H and O–H groups in total. The second-order valence-corrected chi connectivity index (χ2v) is 9.49. The third-order valence-electron chi connectivity index (χ3n) is 5.22. The molecule has 0 saturated carbocycles. The van der Waals surface area contributed by atoms with Crippen LogP contribution in [-0.4, -0.2) is 23.4 Å². The van der Waals surface area contributed by atoms with Crippen LogP contribution in [0.4, 0.5) is 10.7 Å². The van der Waals surface area contributed by atoms with Crippen molar-refractivity contribution in [2.24, 2.45) is 0 Å². The Morgan fingerprint density at radius 3 is 2.33 bits per heavy atom. The summed E-state index contributed by atoms with van der Waals surface area (Å²) in [6.45, 7) is 9.88. The van der Waals surface area contributed by atoms with Gasteiger partial charge in [-0.15, -0.1) is 11.3 Å². The fraction of sp³-hybridized carbons (Fsp3) is 0.280. The Bertz CT molecular complexity index is 1210. The lowest BCUT2D eigenvalue weighted by atomic mass is 9.86. The monoisotopic (exact) mass is 466 g/mol. The van der Waals surface area contributed by atoms with E-state index in [9.17, 15) is 19.7 Å². The van der Waals surface area contributed by atoms with E-state index in [0.29, 0.717) is 16.1 Å². The summed E-state index contributed by atoms with van der Waals surface area (Å²) in [6, 6.07) is 12.1. The number of ether oxygens (including phenoxy) is 1. The number of nitrogens with one attached hydrogen (secondary N) is 1. The molecular formula is C25H26N2O5S. The second kappa shape index (κ2) is 9.54. The zero-order valence-electron chi connectivity index (χ0n) is 19.2. The summed E-state index contributed by atoms with van der Waals surface area (Å²) in [5.41, 5.74) is 3.55. The number of aryl methyl sites for hydroxylation is 1. The maximum atomic E-state index is 12.9. The number of nitro groups is 1. The molecule has 8 heteroatoms. The largest absolute Gasteiger partial charge is 0.462 e. The highest BCUT2D eigenvalue weighted by atomic mass is 32.1. The van der Waals surface area contributed by atoms with Crippen LogP contribution in [0.1, 0.15) is 59.5 Å². The van der Waals surface area contributed by atoms with Gasteiger partial charge in [0, 0.05) is 28.1 Å². The van der Waals surface area contributed by atoms with Gasteiger partial charge in [0.25, 0.3) is 11.6 Å². The first kappa shape index (κ1) is 24.1. The molecule has 7 nitrogen and oxygen atoms in total. The molecule has 0 bridgehead atoms. The first-order valence-corrected chi connectivity index (χ1v) is 11.4. The summed E-state index contributed by atoms with van der Waals surface area (Å²) in [5, 5.41) is 16.0. The predicted molar refractivity (Wildman–Crippen MR) is 130 cm³/mol.